The van der Waals surface area contributed by atoms with Crippen molar-refractivity contribution in [1.29, 1.82) is 0 Å². The van der Waals surface area contributed by atoms with Gasteiger partial charge < -0.3 is 14.5 Å². The third-order valence-corrected chi connectivity index (χ3v) is 9.69. The number of aryl methyl sites for hydroxylation is 2. The van der Waals surface area contributed by atoms with Crippen molar-refractivity contribution < 1.29 is 19.1 Å². The van der Waals surface area contributed by atoms with E-state index in [0.29, 0.717) is 37.0 Å². The number of hydrogen-bond acceptors (Lipinski definition) is 9. The number of amides is 3. The number of piperidine rings is 1. The van der Waals surface area contributed by atoms with Crippen LogP contribution >= 0.6 is 0 Å². The number of carbonyl (C=O) groups excluding carboxylic acids is 3. The second kappa shape index (κ2) is 13.7. The first-order valence-electron chi connectivity index (χ1n) is 17.6. The molecule has 1 aromatic carbocycles. The number of fused-ring (bicyclic) bond motifs is 3. The van der Waals surface area contributed by atoms with Gasteiger partial charge in [0.1, 0.15) is 17.5 Å². The number of anilines is 1. The number of carbonyl (C=O) groups is 3. The molecule has 3 amide bonds. The van der Waals surface area contributed by atoms with E-state index in [4.69, 9.17) is 9.72 Å². The molecular weight excluding hydrogens is 650 g/mol. The Morgan fingerprint density at radius 2 is 1.88 bits per heavy atom. The van der Waals surface area contributed by atoms with Crippen LogP contribution in [0.2, 0.25) is 0 Å². The van der Waals surface area contributed by atoms with Gasteiger partial charge in [-0.2, -0.15) is 0 Å². The maximum atomic E-state index is 13.0. The van der Waals surface area contributed by atoms with Gasteiger partial charge in [0.05, 0.1) is 41.0 Å². The first kappa shape index (κ1) is 34.0. The van der Waals surface area contributed by atoms with Gasteiger partial charge in [-0.25, -0.2) is 19.3 Å². The minimum Gasteiger partial charge on any atom is -0.444 e. The van der Waals surface area contributed by atoms with Crippen molar-refractivity contribution in [1.82, 2.24) is 39.3 Å². The number of pyridine rings is 1. The number of hydrogen-bond donors (Lipinski definition) is 1. The Bertz CT molecular complexity index is 2110. The predicted molar refractivity (Wildman–Crippen MR) is 189 cm³/mol. The summed E-state index contributed by atoms with van der Waals surface area (Å²) in [6.07, 6.45) is 6.48. The number of ether oxygens (including phenoxy) is 1. The average molecular weight is 694 g/mol. The third-order valence-electron chi connectivity index (χ3n) is 9.69. The smallest absolute Gasteiger partial charge is 0.410 e. The van der Waals surface area contributed by atoms with Crippen LogP contribution in [0.1, 0.15) is 82.3 Å². The molecule has 0 saturated carbocycles. The van der Waals surface area contributed by atoms with E-state index in [-0.39, 0.29) is 36.2 Å². The van der Waals surface area contributed by atoms with Gasteiger partial charge >= 0.3 is 11.8 Å². The van der Waals surface area contributed by atoms with Crippen molar-refractivity contribution in [3.63, 3.8) is 0 Å². The number of nitrogens with one attached hydrogen (secondary N) is 1. The molecule has 4 aromatic rings. The van der Waals surface area contributed by atoms with Crippen molar-refractivity contribution in [3.05, 3.63) is 70.0 Å². The zero-order valence-electron chi connectivity index (χ0n) is 29.5. The summed E-state index contributed by atoms with van der Waals surface area (Å²) >= 11 is 0. The Hall–Kier alpha value is -5.45. The molecular formula is C37H43N9O5. The predicted octanol–water partition coefficient (Wildman–Crippen LogP) is 3.32. The van der Waals surface area contributed by atoms with Gasteiger partial charge in [-0.3, -0.25) is 24.0 Å². The van der Waals surface area contributed by atoms with Gasteiger partial charge in [-0.1, -0.05) is 23.1 Å². The molecule has 7 rings (SSSR count). The summed E-state index contributed by atoms with van der Waals surface area (Å²) in [6.45, 7) is 7.58. The fourth-order valence-corrected chi connectivity index (χ4v) is 7.26. The van der Waals surface area contributed by atoms with Crippen LogP contribution in [-0.2, 0) is 34.3 Å². The van der Waals surface area contributed by atoms with Crippen molar-refractivity contribution >= 4 is 34.8 Å². The van der Waals surface area contributed by atoms with Crippen LogP contribution in [0.25, 0.3) is 11.0 Å². The Labute approximate surface area is 295 Å². The second-order valence-electron chi connectivity index (χ2n) is 14.6. The molecule has 51 heavy (non-hydrogen) atoms. The second-order valence-corrected chi connectivity index (χ2v) is 14.6. The van der Waals surface area contributed by atoms with Crippen LogP contribution in [0.5, 0.6) is 0 Å². The van der Waals surface area contributed by atoms with E-state index in [1.807, 2.05) is 72.9 Å². The van der Waals surface area contributed by atoms with Crippen LogP contribution in [0.15, 0.2) is 47.4 Å². The number of aromatic nitrogens is 6. The van der Waals surface area contributed by atoms with Crippen molar-refractivity contribution in [2.75, 3.05) is 18.0 Å². The fourth-order valence-electron chi connectivity index (χ4n) is 7.26. The molecule has 14 heteroatoms. The lowest BCUT2D eigenvalue weighted by Crippen LogP contribution is -2.50. The standard InChI is InChI=1S/C37H43N9O5/c1-37(2,3)51-36(50)45-23-27-19-28(45)22-44(27)32-13-9-12-25(38-32)20-43-21-26(40-41-43)11-8-6-5-7-10-24-14-15-29-31(18-24)42(4)35(49)46(29)30-16-17-33(47)39-34(30)48/h9,12-15,18,21,27-28,30H,5-6,8,11,16-17,19-20,22-23H2,1-4H3,(H,39,47,48). The monoisotopic (exact) mass is 693 g/mol. The number of likely N-dealkylation sites (tertiary alicyclic amines) is 1. The number of nitrogens with zero attached hydrogens (tertiary/aromatic N) is 8. The summed E-state index contributed by atoms with van der Waals surface area (Å²) in [4.78, 5) is 58.8. The van der Waals surface area contributed by atoms with E-state index in [9.17, 15) is 19.2 Å². The molecule has 3 aliphatic rings. The quantitative estimate of drug-likeness (QED) is 0.167. The summed E-state index contributed by atoms with van der Waals surface area (Å²) in [7, 11) is 1.68. The van der Waals surface area contributed by atoms with Crippen molar-refractivity contribution in [3.8, 4) is 11.8 Å². The minimum atomic E-state index is -0.711. The molecule has 3 unspecified atom stereocenters. The maximum Gasteiger partial charge on any atom is 0.410 e. The summed E-state index contributed by atoms with van der Waals surface area (Å²) in [6, 6.07) is 11.2. The number of benzene rings is 1. The highest BCUT2D eigenvalue weighted by Crippen LogP contribution is 2.35. The maximum absolute atomic E-state index is 13.0. The van der Waals surface area contributed by atoms with Gasteiger partial charge in [0.25, 0.3) is 0 Å². The van der Waals surface area contributed by atoms with Gasteiger partial charge in [-0.15, -0.1) is 5.10 Å². The van der Waals surface area contributed by atoms with Gasteiger partial charge in [0.2, 0.25) is 11.8 Å². The van der Waals surface area contributed by atoms with Crippen LogP contribution in [0, 0.1) is 11.8 Å². The molecule has 3 fully saturated rings. The van der Waals surface area contributed by atoms with Crippen molar-refractivity contribution in [2.24, 2.45) is 7.05 Å². The minimum absolute atomic E-state index is 0.132. The lowest BCUT2D eigenvalue weighted by Gasteiger charge is -2.35. The Kier molecular flexibility index (Phi) is 9.13. The Balaban J connectivity index is 0.886. The van der Waals surface area contributed by atoms with Crippen molar-refractivity contribution in [2.45, 2.75) is 96.0 Å². The zero-order chi connectivity index (χ0) is 35.9. The fraction of sp³-hybridized carbons (Fsp3) is 0.486. The number of imidazole rings is 1. The number of piperazine rings is 1. The molecule has 14 nitrogen and oxygen atoms in total. The summed E-state index contributed by atoms with van der Waals surface area (Å²) in [5, 5.41) is 11.0. The lowest BCUT2D eigenvalue weighted by atomic mass is 10.1. The molecule has 3 aliphatic heterocycles. The zero-order valence-corrected chi connectivity index (χ0v) is 29.5. The number of imide groups is 1. The highest BCUT2D eigenvalue weighted by molar-refractivity contribution is 6.00. The van der Waals surface area contributed by atoms with Gasteiger partial charge in [-0.05, 0) is 83.2 Å². The lowest BCUT2D eigenvalue weighted by molar-refractivity contribution is -0.135. The highest BCUT2D eigenvalue weighted by atomic mass is 16.6. The molecule has 0 spiro atoms. The van der Waals surface area contributed by atoms with E-state index in [1.165, 1.54) is 9.13 Å². The van der Waals surface area contributed by atoms with Gasteiger partial charge in [0, 0.05) is 44.7 Å². The SMILES string of the molecule is Cn1c(=O)n(C2CCC(=O)NC2=O)c2ccc(C#CCCCCc3cn(Cc4cccc(N5CC6CC5CN6C(=O)OC(C)(C)C)n4)nn3)cc21. The number of unbranched alkanes of at least 4 members (excludes halogenated alkanes) is 2. The molecule has 1 N–H and O–H groups in total. The molecule has 3 aromatic heterocycles. The first-order valence-corrected chi connectivity index (χ1v) is 17.6. The molecule has 0 radical (unpaired) electrons. The van der Waals surface area contributed by atoms with E-state index >= 15 is 0 Å². The van der Waals surface area contributed by atoms with E-state index < -0.39 is 17.6 Å². The van der Waals surface area contributed by atoms with E-state index in [2.05, 4.69) is 32.4 Å². The summed E-state index contributed by atoms with van der Waals surface area (Å²) in [5.41, 5.74) is 3.14. The van der Waals surface area contributed by atoms with E-state index in [1.54, 1.807) is 7.05 Å². The van der Waals surface area contributed by atoms with Crippen LogP contribution in [-0.4, -0.2) is 82.7 Å². The summed E-state index contributed by atoms with van der Waals surface area (Å²) in [5.74, 6) is 6.59. The van der Waals surface area contributed by atoms with Crippen LogP contribution < -0.4 is 15.9 Å². The topological polar surface area (TPSA) is 149 Å². The first-order chi connectivity index (χ1) is 24.4. The molecule has 3 atom stereocenters. The normalized spacial score (nSPS) is 20.1. The van der Waals surface area contributed by atoms with Crippen LogP contribution in [0.4, 0.5) is 10.6 Å². The molecule has 266 valence electrons. The highest BCUT2D eigenvalue weighted by Gasteiger charge is 2.47. The Morgan fingerprint density at radius 3 is 2.65 bits per heavy atom. The number of rotatable bonds is 8. The molecule has 3 saturated heterocycles. The summed E-state index contributed by atoms with van der Waals surface area (Å²) < 4.78 is 10.4. The Morgan fingerprint density at radius 1 is 1.04 bits per heavy atom. The molecule has 2 bridgehead atoms. The molecule has 6 heterocycles. The van der Waals surface area contributed by atoms with Gasteiger partial charge in [0.15, 0.2) is 0 Å². The largest absolute Gasteiger partial charge is 0.444 e. The molecule has 0 aliphatic carbocycles. The van der Waals surface area contributed by atoms with E-state index in [0.717, 1.165) is 55.0 Å². The third kappa shape index (κ3) is 7.24. The van der Waals surface area contributed by atoms with Crippen LogP contribution in [0.3, 0.4) is 0 Å². The average Bonchev–Trinajstić information content (AvgIpc) is 3.87.